The molecule has 0 radical (unpaired) electrons. The molecule has 0 aromatic heterocycles. The first kappa shape index (κ1) is 42.5. The Bertz CT molecular complexity index is 1170. The molecule has 3 aliphatic heterocycles. The zero-order chi connectivity index (χ0) is 37.4. The van der Waals surface area contributed by atoms with E-state index in [0.717, 1.165) is 109 Å². The maximum Gasteiger partial charge on any atom is 0.325 e. The summed E-state index contributed by atoms with van der Waals surface area (Å²) in [6.07, 6.45) is 15.7. The highest BCUT2D eigenvalue weighted by atomic mass is 16.2. The maximum absolute atomic E-state index is 13.1. The number of carbonyl (C=O) groups is 7. The van der Waals surface area contributed by atoms with Gasteiger partial charge in [0.2, 0.25) is 17.7 Å². The molecule has 16 heteroatoms. The normalized spacial score (nSPS) is 17.2. The quantitative estimate of drug-likeness (QED) is 0.103. The van der Waals surface area contributed by atoms with Crippen molar-refractivity contribution >= 4 is 41.8 Å². The van der Waals surface area contributed by atoms with Crippen molar-refractivity contribution < 1.29 is 33.6 Å². The van der Waals surface area contributed by atoms with E-state index in [1.54, 1.807) is 4.90 Å². The first-order valence-corrected chi connectivity index (χ1v) is 19.8. The number of nitrogens with one attached hydrogen (secondary N) is 5. The second-order valence-electron chi connectivity index (χ2n) is 13.9. The van der Waals surface area contributed by atoms with Crippen LogP contribution in [0.2, 0.25) is 0 Å². The highest BCUT2D eigenvalue weighted by Crippen LogP contribution is 2.13. The van der Waals surface area contributed by atoms with Crippen LogP contribution in [0.15, 0.2) is 0 Å². The van der Waals surface area contributed by atoms with Gasteiger partial charge in [-0.2, -0.15) is 0 Å². The van der Waals surface area contributed by atoms with Crippen molar-refractivity contribution in [1.82, 2.24) is 46.2 Å². The highest BCUT2D eigenvalue weighted by Gasteiger charge is 2.25. The van der Waals surface area contributed by atoms with Crippen molar-refractivity contribution in [2.45, 2.75) is 128 Å². The fourth-order valence-corrected chi connectivity index (χ4v) is 6.55. The molecule has 3 heterocycles. The molecular weight excluding hydrogens is 670 g/mol. The van der Waals surface area contributed by atoms with E-state index in [0.29, 0.717) is 71.7 Å². The molecule has 52 heavy (non-hydrogen) atoms. The third kappa shape index (κ3) is 16.2. The van der Waals surface area contributed by atoms with E-state index >= 15 is 0 Å². The lowest BCUT2D eigenvalue weighted by Gasteiger charge is -2.24. The summed E-state index contributed by atoms with van der Waals surface area (Å²) in [6, 6.07) is -1.45. The minimum atomic E-state index is -0.501. The number of likely N-dealkylation sites (tertiary alicyclic amines) is 3. The first-order valence-electron chi connectivity index (χ1n) is 19.8. The van der Waals surface area contributed by atoms with Gasteiger partial charge in [0.05, 0.1) is 13.3 Å². The summed E-state index contributed by atoms with van der Waals surface area (Å²) in [5, 5.41) is 14.4. The molecular formula is C36H63N9O7. The molecule has 3 fully saturated rings. The van der Waals surface area contributed by atoms with Gasteiger partial charge in [-0.3, -0.25) is 34.4 Å². The lowest BCUT2D eigenvalue weighted by atomic mass is 10.2. The number of amides is 11. The number of hydrogen-bond donors (Lipinski definition) is 5. The summed E-state index contributed by atoms with van der Waals surface area (Å²) < 4.78 is 0. The Morgan fingerprint density at radius 2 is 0.904 bits per heavy atom. The summed E-state index contributed by atoms with van der Waals surface area (Å²) in [4.78, 5) is 92.6. The van der Waals surface area contributed by atoms with Gasteiger partial charge in [-0.1, -0.05) is 44.9 Å². The first-order chi connectivity index (χ1) is 25.3. The third-order valence-electron chi connectivity index (χ3n) is 9.71. The van der Waals surface area contributed by atoms with Crippen LogP contribution in [0.3, 0.4) is 0 Å². The van der Waals surface area contributed by atoms with E-state index in [-0.39, 0.29) is 42.5 Å². The summed E-state index contributed by atoms with van der Waals surface area (Å²) >= 11 is 0. The van der Waals surface area contributed by atoms with E-state index in [9.17, 15) is 33.6 Å². The van der Waals surface area contributed by atoms with Gasteiger partial charge in [0.15, 0.2) is 0 Å². The number of rotatable bonds is 18. The Kier molecular flexibility index (Phi) is 20.5. The fourth-order valence-electron chi connectivity index (χ4n) is 6.55. The van der Waals surface area contributed by atoms with Gasteiger partial charge in [0.25, 0.3) is 0 Å². The maximum atomic E-state index is 13.1. The molecule has 294 valence electrons. The van der Waals surface area contributed by atoms with Crippen LogP contribution in [0.4, 0.5) is 19.2 Å². The minimum absolute atomic E-state index is 0.0960. The predicted molar refractivity (Wildman–Crippen MR) is 196 cm³/mol. The smallest absolute Gasteiger partial charge is 0.325 e. The molecule has 0 aliphatic carbocycles. The molecule has 3 saturated heterocycles. The Labute approximate surface area is 308 Å². The number of nitrogens with zero attached hydrogens (tertiary/aromatic N) is 4. The zero-order valence-corrected chi connectivity index (χ0v) is 31.2. The van der Waals surface area contributed by atoms with Gasteiger partial charge in [-0.25, -0.2) is 19.2 Å². The molecule has 0 aromatic carbocycles. The Morgan fingerprint density at radius 1 is 0.481 bits per heavy atom. The average molecular weight is 734 g/mol. The van der Waals surface area contributed by atoms with Crippen molar-refractivity contribution in [3.63, 3.8) is 0 Å². The molecule has 3 rings (SSSR count). The molecule has 0 bridgehead atoms. The van der Waals surface area contributed by atoms with Gasteiger partial charge in [-0.15, -0.1) is 0 Å². The Balaban J connectivity index is 1.33. The van der Waals surface area contributed by atoms with E-state index in [1.807, 2.05) is 0 Å². The number of hydrogen-bond acceptors (Lipinski definition) is 8. The van der Waals surface area contributed by atoms with Crippen LogP contribution in [0.1, 0.15) is 128 Å². The molecule has 0 atom stereocenters. The van der Waals surface area contributed by atoms with Crippen molar-refractivity contribution in [1.29, 1.82) is 0 Å². The lowest BCUT2D eigenvalue weighted by Crippen LogP contribution is -2.51. The standard InChI is InChI=1S/C36H63N9O7/c46-30-18-8-5-15-25-43(30)34(50)38-22-12-2-1-11-21-37-29-42(33(49)40-28-41-36(52)45-27-17-7-10-20-32(45)48)24-14-4-3-13-23-39-35(51)44-26-16-6-9-19-31(44)47/h37H,1-29H2,(H,38,50)(H,39,51)(H,40,49)(H,41,52). The number of unbranched alkanes of at least 4 members (excludes halogenated alkanes) is 6. The SMILES string of the molecule is O=C(NCNC(=O)N1CCCCCC1=O)N(CCCCCCNC(=O)N1CCCCCC1=O)CNCCCCCCNC(=O)N1CCCCCC1=O. The Morgan fingerprint density at radius 3 is 1.38 bits per heavy atom. The molecule has 0 saturated carbocycles. The van der Waals surface area contributed by atoms with Crippen LogP contribution in [0.5, 0.6) is 0 Å². The van der Waals surface area contributed by atoms with Crippen LogP contribution < -0.4 is 26.6 Å². The third-order valence-corrected chi connectivity index (χ3v) is 9.71. The molecule has 5 N–H and O–H groups in total. The zero-order valence-electron chi connectivity index (χ0n) is 31.2. The van der Waals surface area contributed by atoms with Crippen LogP contribution in [0, 0.1) is 0 Å². The predicted octanol–water partition coefficient (Wildman–Crippen LogP) is 3.96. The number of urea groups is 4. The van der Waals surface area contributed by atoms with E-state index < -0.39 is 6.03 Å². The van der Waals surface area contributed by atoms with Crippen LogP contribution >= 0.6 is 0 Å². The lowest BCUT2D eigenvalue weighted by molar-refractivity contribution is -0.128. The summed E-state index contributed by atoms with van der Waals surface area (Å²) in [5.41, 5.74) is 0. The molecule has 11 amide bonds. The van der Waals surface area contributed by atoms with Crippen LogP contribution in [0.25, 0.3) is 0 Å². The summed E-state index contributed by atoms with van der Waals surface area (Å²) in [7, 11) is 0. The van der Waals surface area contributed by atoms with Gasteiger partial charge < -0.3 is 26.2 Å². The van der Waals surface area contributed by atoms with Crippen molar-refractivity contribution in [2.24, 2.45) is 0 Å². The minimum Gasteiger partial charge on any atom is -0.338 e. The van der Waals surface area contributed by atoms with Crippen LogP contribution in [-0.2, 0) is 14.4 Å². The topological polar surface area (TPSA) is 193 Å². The summed E-state index contributed by atoms with van der Waals surface area (Å²) in [5.74, 6) is -0.405. The van der Waals surface area contributed by atoms with E-state index in [1.165, 1.54) is 14.7 Å². The van der Waals surface area contributed by atoms with Crippen LogP contribution in [-0.4, -0.2) is 121 Å². The fraction of sp³-hybridized carbons (Fsp3) is 0.806. The van der Waals surface area contributed by atoms with Crippen molar-refractivity contribution in [2.75, 3.05) is 59.2 Å². The second kappa shape index (κ2) is 25.1. The summed E-state index contributed by atoms with van der Waals surface area (Å²) in [6.45, 7) is 3.76. The van der Waals surface area contributed by atoms with E-state index in [2.05, 4.69) is 26.6 Å². The van der Waals surface area contributed by atoms with Gasteiger partial charge >= 0.3 is 24.1 Å². The second-order valence-corrected chi connectivity index (χ2v) is 13.9. The molecule has 3 aliphatic rings. The molecule has 0 aromatic rings. The van der Waals surface area contributed by atoms with Gasteiger partial charge in [0.1, 0.15) is 0 Å². The van der Waals surface area contributed by atoms with E-state index in [4.69, 9.17) is 0 Å². The Hall–Kier alpha value is -3.95. The van der Waals surface area contributed by atoms with Gasteiger partial charge in [0, 0.05) is 58.5 Å². The van der Waals surface area contributed by atoms with Gasteiger partial charge in [-0.05, 0) is 70.8 Å². The monoisotopic (exact) mass is 733 g/mol. The van der Waals surface area contributed by atoms with Crippen molar-refractivity contribution in [3.05, 3.63) is 0 Å². The largest absolute Gasteiger partial charge is 0.338 e. The molecule has 16 nitrogen and oxygen atoms in total. The number of carbonyl (C=O) groups excluding carboxylic acids is 7. The molecule has 0 spiro atoms. The molecule has 0 unspecified atom stereocenters. The highest BCUT2D eigenvalue weighted by molar-refractivity contribution is 5.95. The average Bonchev–Trinajstić information content (AvgIpc) is 3.59. The number of imide groups is 3. The van der Waals surface area contributed by atoms with Crippen molar-refractivity contribution in [3.8, 4) is 0 Å².